The molecule has 2 N–H and O–H groups in total. The van der Waals surface area contributed by atoms with Gasteiger partial charge in [-0.15, -0.1) is 5.11 Å². The number of hydrogen-bond acceptors (Lipinski definition) is 5. The monoisotopic (exact) mass is 390 g/mol. The van der Waals surface area contributed by atoms with Crippen LogP contribution in [0.2, 0.25) is 0 Å². The van der Waals surface area contributed by atoms with Crippen LogP contribution in [0.3, 0.4) is 0 Å². The van der Waals surface area contributed by atoms with Gasteiger partial charge >= 0.3 is 0 Å². The zero-order chi connectivity index (χ0) is 20.9. The summed E-state index contributed by atoms with van der Waals surface area (Å²) >= 11 is 0. The second-order valence-electron chi connectivity index (χ2n) is 6.72. The van der Waals surface area contributed by atoms with Gasteiger partial charge in [0, 0.05) is 16.5 Å². The minimum atomic E-state index is 0.581. The number of aryl methyl sites for hydroxylation is 1. The summed E-state index contributed by atoms with van der Waals surface area (Å²) < 4.78 is 0. The Hall–Kier alpha value is -4.37. The Labute approximate surface area is 174 Å². The van der Waals surface area contributed by atoms with Crippen molar-refractivity contribution in [3.63, 3.8) is 0 Å². The SMILES string of the molecule is [C-]#[N+]c1cc(N=Nc2ccc(N=Nc3ccc(N)c4ccccc34)cc2)ccc1C. The van der Waals surface area contributed by atoms with Crippen LogP contribution in [-0.4, -0.2) is 0 Å². The van der Waals surface area contributed by atoms with Crippen LogP contribution in [0.4, 0.5) is 34.1 Å². The molecule has 0 amide bonds. The first-order valence-electron chi connectivity index (χ1n) is 9.33. The zero-order valence-electron chi connectivity index (χ0n) is 16.3. The first-order chi connectivity index (χ1) is 14.6. The van der Waals surface area contributed by atoms with Gasteiger partial charge in [-0.3, -0.25) is 0 Å². The molecule has 4 aromatic rings. The van der Waals surface area contributed by atoms with Crippen molar-refractivity contribution in [2.45, 2.75) is 6.92 Å². The van der Waals surface area contributed by atoms with Crippen molar-refractivity contribution in [2.75, 3.05) is 5.73 Å². The van der Waals surface area contributed by atoms with Crippen molar-refractivity contribution in [1.29, 1.82) is 0 Å². The van der Waals surface area contributed by atoms with Gasteiger partial charge in [0.15, 0.2) is 5.69 Å². The summed E-state index contributed by atoms with van der Waals surface area (Å²) in [6.45, 7) is 9.08. The molecule has 0 aliphatic rings. The molecule has 30 heavy (non-hydrogen) atoms. The summed E-state index contributed by atoms with van der Waals surface area (Å²) in [6.07, 6.45) is 0. The summed E-state index contributed by atoms with van der Waals surface area (Å²) in [4.78, 5) is 3.49. The van der Waals surface area contributed by atoms with Crippen LogP contribution in [0.1, 0.15) is 5.56 Å². The van der Waals surface area contributed by atoms with E-state index in [1.807, 2.05) is 79.7 Å². The average molecular weight is 390 g/mol. The number of rotatable bonds is 4. The van der Waals surface area contributed by atoms with Crippen molar-refractivity contribution in [2.24, 2.45) is 20.5 Å². The Balaban J connectivity index is 1.52. The quantitative estimate of drug-likeness (QED) is 0.213. The highest BCUT2D eigenvalue weighted by Crippen LogP contribution is 2.32. The Kier molecular flexibility index (Phi) is 5.27. The summed E-state index contributed by atoms with van der Waals surface area (Å²) in [5.41, 5.74) is 11.1. The fraction of sp³-hybridized carbons (Fsp3) is 0.0417. The fourth-order valence-corrected chi connectivity index (χ4v) is 2.99. The number of fused-ring (bicyclic) bond motifs is 1. The molecule has 0 heterocycles. The standard InChI is InChI=1S/C24H18N6/c1-16-7-8-19(15-24(16)26-2)29-27-17-9-11-18(12-10-17)28-30-23-14-13-22(25)20-5-3-4-6-21(20)23/h3-15H,25H2,1H3. The molecule has 0 bridgehead atoms. The van der Waals surface area contributed by atoms with Crippen molar-refractivity contribution >= 4 is 44.9 Å². The molecule has 0 aromatic heterocycles. The van der Waals surface area contributed by atoms with Crippen molar-refractivity contribution in [1.82, 2.24) is 0 Å². The lowest BCUT2D eigenvalue weighted by Crippen LogP contribution is -1.86. The molecule has 0 spiro atoms. The molecule has 144 valence electrons. The third kappa shape index (κ3) is 4.05. The van der Waals surface area contributed by atoms with E-state index in [0.29, 0.717) is 22.7 Å². The number of benzene rings is 4. The highest BCUT2D eigenvalue weighted by molar-refractivity contribution is 5.99. The zero-order valence-corrected chi connectivity index (χ0v) is 16.3. The molecule has 4 rings (SSSR count). The number of hydrogen-bond donors (Lipinski definition) is 1. The van der Waals surface area contributed by atoms with E-state index in [-0.39, 0.29) is 0 Å². The minimum Gasteiger partial charge on any atom is -0.398 e. The second kappa shape index (κ2) is 8.33. The molecule has 0 fully saturated rings. The predicted molar refractivity (Wildman–Crippen MR) is 121 cm³/mol. The fourth-order valence-electron chi connectivity index (χ4n) is 2.99. The van der Waals surface area contributed by atoms with Crippen LogP contribution in [-0.2, 0) is 0 Å². The van der Waals surface area contributed by atoms with Gasteiger partial charge in [-0.2, -0.15) is 15.3 Å². The maximum atomic E-state index is 7.18. The van der Waals surface area contributed by atoms with Gasteiger partial charge in [0.05, 0.1) is 29.3 Å². The van der Waals surface area contributed by atoms with Crippen molar-refractivity contribution in [3.8, 4) is 0 Å². The van der Waals surface area contributed by atoms with Crippen LogP contribution in [0, 0.1) is 13.5 Å². The largest absolute Gasteiger partial charge is 0.398 e. The molecule has 4 aromatic carbocycles. The molecular weight excluding hydrogens is 372 g/mol. The first kappa shape index (κ1) is 19.0. The van der Waals surface area contributed by atoms with Gasteiger partial charge < -0.3 is 5.73 Å². The molecule has 0 unspecified atom stereocenters. The van der Waals surface area contributed by atoms with Gasteiger partial charge in [-0.1, -0.05) is 30.3 Å². The highest BCUT2D eigenvalue weighted by Gasteiger charge is 2.03. The van der Waals surface area contributed by atoms with Gasteiger partial charge in [-0.25, -0.2) is 4.85 Å². The van der Waals surface area contributed by atoms with E-state index in [1.54, 1.807) is 6.07 Å². The summed E-state index contributed by atoms with van der Waals surface area (Å²) in [7, 11) is 0. The van der Waals surface area contributed by atoms with Crippen LogP contribution in [0.25, 0.3) is 15.6 Å². The van der Waals surface area contributed by atoms with E-state index in [9.17, 15) is 0 Å². The van der Waals surface area contributed by atoms with Crippen LogP contribution < -0.4 is 5.73 Å². The predicted octanol–water partition coefficient (Wildman–Crippen LogP) is 8.11. The Bertz CT molecular complexity index is 1310. The maximum absolute atomic E-state index is 7.18. The number of nitrogen functional groups attached to an aromatic ring is 1. The molecule has 6 heteroatoms. The van der Waals surface area contributed by atoms with Crippen LogP contribution in [0.15, 0.2) is 99.3 Å². The van der Waals surface area contributed by atoms with E-state index in [4.69, 9.17) is 12.3 Å². The summed E-state index contributed by atoms with van der Waals surface area (Å²) in [5.74, 6) is 0. The molecule has 0 radical (unpaired) electrons. The van der Waals surface area contributed by atoms with E-state index in [1.165, 1.54) is 0 Å². The lowest BCUT2D eigenvalue weighted by molar-refractivity contribution is 1.21. The maximum Gasteiger partial charge on any atom is 0.192 e. The smallest absolute Gasteiger partial charge is 0.192 e. The third-order valence-corrected chi connectivity index (χ3v) is 4.65. The van der Waals surface area contributed by atoms with Gasteiger partial charge in [-0.05, 0) is 61.0 Å². The molecule has 0 atom stereocenters. The lowest BCUT2D eigenvalue weighted by Gasteiger charge is -2.04. The van der Waals surface area contributed by atoms with Crippen LogP contribution >= 0.6 is 0 Å². The molecule has 0 aliphatic heterocycles. The van der Waals surface area contributed by atoms with Gasteiger partial charge in [0.2, 0.25) is 0 Å². The first-order valence-corrected chi connectivity index (χ1v) is 9.33. The Morgan fingerprint density at radius 3 is 2.00 bits per heavy atom. The van der Waals surface area contributed by atoms with Gasteiger partial charge in [0.25, 0.3) is 0 Å². The molecule has 0 saturated heterocycles. The molecule has 0 saturated carbocycles. The summed E-state index contributed by atoms with van der Waals surface area (Å²) in [6, 6.07) is 24.3. The second-order valence-corrected chi connectivity index (χ2v) is 6.72. The van der Waals surface area contributed by atoms with Crippen molar-refractivity contribution < 1.29 is 0 Å². The average Bonchev–Trinajstić information content (AvgIpc) is 2.79. The minimum absolute atomic E-state index is 0.581. The molecule has 0 aliphatic carbocycles. The number of anilines is 1. The van der Waals surface area contributed by atoms with Gasteiger partial charge in [0.1, 0.15) is 0 Å². The van der Waals surface area contributed by atoms with E-state index >= 15 is 0 Å². The Morgan fingerprint density at radius 2 is 1.30 bits per heavy atom. The van der Waals surface area contributed by atoms with E-state index in [0.717, 1.165) is 27.7 Å². The number of nitrogens with two attached hydrogens (primary N) is 1. The number of azo groups is 2. The topological polar surface area (TPSA) is 79.8 Å². The number of nitrogens with zero attached hydrogens (tertiary/aromatic N) is 5. The highest BCUT2D eigenvalue weighted by atomic mass is 15.1. The molecular formula is C24H18N6. The summed E-state index contributed by atoms with van der Waals surface area (Å²) in [5, 5.41) is 19.1. The van der Waals surface area contributed by atoms with Crippen molar-refractivity contribution in [3.05, 3.63) is 95.8 Å². The van der Waals surface area contributed by atoms with E-state index < -0.39 is 0 Å². The third-order valence-electron chi connectivity index (χ3n) is 4.65. The molecule has 6 nitrogen and oxygen atoms in total. The van der Waals surface area contributed by atoms with E-state index in [2.05, 4.69) is 25.3 Å². The van der Waals surface area contributed by atoms with Crippen LogP contribution in [0.5, 0.6) is 0 Å². The Morgan fingerprint density at radius 1 is 0.700 bits per heavy atom. The normalized spacial score (nSPS) is 11.3. The lowest BCUT2D eigenvalue weighted by atomic mass is 10.1.